The number of nitrogens with two attached hydrogens (primary N) is 1. The number of nitrogens with one attached hydrogen (secondary N) is 1. The average molecular weight is 255 g/mol. The predicted octanol–water partition coefficient (Wildman–Crippen LogP) is 2.36. The van der Waals surface area contributed by atoms with E-state index in [9.17, 15) is 4.79 Å². The Morgan fingerprint density at radius 3 is 2.65 bits per heavy atom. The maximum atomic E-state index is 11.9. The van der Waals surface area contributed by atoms with Gasteiger partial charge in [0.2, 0.25) is 0 Å². The molecular weight excluding hydrogens is 236 g/mol. The molecule has 0 radical (unpaired) electrons. The van der Waals surface area contributed by atoms with Crippen molar-refractivity contribution >= 4 is 17.5 Å². The Bertz CT molecular complexity index is 404. The molecule has 0 heterocycles. The van der Waals surface area contributed by atoms with E-state index in [2.05, 4.69) is 5.32 Å². The van der Waals surface area contributed by atoms with Crippen LogP contribution < -0.4 is 11.1 Å². The fraction of sp³-hybridized carbons (Fsp3) is 0.462. The van der Waals surface area contributed by atoms with Gasteiger partial charge in [-0.2, -0.15) is 0 Å². The number of amides is 1. The van der Waals surface area contributed by atoms with E-state index < -0.39 is 0 Å². The summed E-state index contributed by atoms with van der Waals surface area (Å²) in [5, 5.41) is 3.26. The largest absolute Gasteiger partial charge is 0.350 e. The Labute approximate surface area is 107 Å². The van der Waals surface area contributed by atoms with Gasteiger partial charge in [0, 0.05) is 12.6 Å². The highest BCUT2D eigenvalue weighted by Crippen LogP contribution is 2.17. The summed E-state index contributed by atoms with van der Waals surface area (Å²) < 4.78 is 0. The minimum Gasteiger partial charge on any atom is -0.350 e. The van der Waals surface area contributed by atoms with E-state index in [4.69, 9.17) is 17.3 Å². The molecule has 0 spiro atoms. The van der Waals surface area contributed by atoms with E-state index in [1.54, 1.807) is 12.1 Å². The quantitative estimate of drug-likeness (QED) is 0.867. The van der Waals surface area contributed by atoms with Gasteiger partial charge in [-0.15, -0.1) is 0 Å². The van der Waals surface area contributed by atoms with Crippen molar-refractivity contribution < 1.29 is 4.79 Å². The topological polar surface area (TPSA) is 55.1 Å². The van der Waals surface area contributed by atoms with Gasteiger partial charge in [0.05, 0.1) is 10.6 Å². The van der Waals surface area contributed by atoms with Crippen molar-refractivity contribution in [1.29, 1.82) is 0 Å². The van der Waals surface area contributed by atoms with Crippen LogP contribution in [0.15, 0.2) is 18.2 Å². The summed E-state index contributed by atoms with van der Waals surface area (Å²) in [4.78, 5) is 11.9. The number of aryl methyl sites for hydroxylation is 1. The molecule has 1 amide bonds. The van der Waals surface area contributed by atoms with Gasteiger partial charge in [-0.25, -0.2) is 0 Å². The van der Waals surface area contributed by atoms with Gasteiger partial charge in [-0.1, -0.05) is 31.5 Å². The zero-order chi connectivity index (χ0) is 13.0. The molecule has 0 aromatic heterocycles. The minimum absolute atomic E-state index is 0.0387. The maximum absolute atomic E-state index is 11.9. The molecule has 0 saturated heterocycles. The van der Waals surface area contributed by atoms with Crippen molar-refractivity contribution in [3.05, 3.63) is 34.3 Å². The van der Waals surface area contributed by atoms with Crippen LogP contribution in [0.1, 0.15) is 29.8 Å². The first-order valence-corrected chi connectivity index (χ1v) is 6.09. The second-order valence-electron chi connectivity index (χ2n) is 4.60. The third kappa shape index (κ3) is 4.02. The van der Waals surface area contributed by atoms with Crippen LogP contribution in [0.2, 0.25) is 5.02 Å². The van der Waals surface area contributed by atoms with Crippen molar-refractivity contribution in [1.82, 2.24) is 5.32 Å². The van der Waals surface area contributed by atoms with Crippen molar-refractivity contribution in [3.63, 3.8) is 0 Å². The molecule has 1 aromatic carbocycles. The number of hydrogen-bond donors (Lipinski definition) is 2. The van der Waals surface area contributed by atoms with E-state index in [1.807, 2.05) is 26.8 Å². The molecule has 1 atom stereocenters. The van der Waals surface area contributed by atoms with Crippen LogP contribution >= 0.6 is 11.6 Å². The van der Waals surface area contributed by atoms with E-state index in [1.165, 1.54) is 0 Å². The van der Waals surface area contributed by atoms with E-state index in [0.29, 0.717) is 23.0 Å². The van der Waals surface area contributed by atoms with Gasteiger partial charge in [0.15, 0.2) is 0 Å². The molecule has 0 saturated carbocycles. The fourth-order valence-electron chi connectivity index (χ4n) is 1.35. The third-order valence-corrected chi connectivity index (χ3v) is 3.04. The van der Waals surface area contributed by atoms with Crippen LogP contribution in [0, 0.1) is 12.8 Å². The molecule has 0 aliphatic rings. The van der Waals surface area contributed by atoms with Crippen LogP contribution in [0.4, 0.5) is 0 Å². The fourth-order valence-corrected chi connectivity index (χ4v) is 1.67. The average Bonchev–Trinajstić information content (AvgIpc) is 2.25. The number of rotatable bonds is 4. The monoisotopic (exact) mass is 254 g/mol. The second-order valence-corrected chi connectivity index (χ2v) is 5.01. The normalized spacial score (nSPS) is 12.6. The van der Waals surface area contributed by atoms with Crippen molar-refractivity contribution in [3.8, 4) is 0 Å². The SMILES string of the molecule is Cc1ccc(C(=O)NCC(N)C(C)C)c(Cl)c1. The number of benzene rings is 1. The zero-order valence-corrected chi connectivity index (χ0v) is 11.2. The lowest BCUT2D eigenvalue weighted by molar-refractivity contribution is 0.0949. The highest BCUT2D eigenvalue weighted by Gasteiger charge is 2.13. The summed E-state index contributed by atoms with van der Waals surface area (Å²) >= 11 is 6.01. The van der Waals surface area contributed by atoms with Crippen molar-refractivity contribution in [2.24, 2.45) is 11.7 Å². The molecule has 0 aliphatic carbocycles. The highest BCUT2D eigenvalue weighted by atomic mass is 35.5. The molecule has 1 aromatic rings. The van der Waals surface area contributed by atoms with E-state index in [-0.39, 0.29) is 11.9 Å². The first kappa shape index (κ1) is 14.0. The lowest BCUT2D eigenvalue weighted by atomic mass is 10.1. The predicted molar refractivity (Wildman–Crippen MR) is 71.3 cm³/mol. The Morgan fingerprint density at radius 1 is 1.47 bits per heavy atom. The number of halogens is 1. The summed E-state index contributed by atoms with van der Waals surface area (Å²) in [6, 6.07) is 5.33. The number of carbonyl (C=O) groups excluding carboxylic acids is 1. The summed E-state index contributed by atoms with van der Waals surface area (Å²) in [6.07, 6.45) is 0. The van der Waals surface area contributed by atoms with Gasteiger partial charge in [0.25, 0.3) is 5.91 Å². The van der Waals surface area contributed by atoms with E-state index in [0.717, 1.165) is 5.56 Å². The Kier molecular flexibility index (Phi) is 4.97. The molecule has 0 fully saturated rings. The lowest BCUT2D eigenvalue weighted by Crippen LogP contribution is -2.40. The Morgan fingerprint density at radius 2 is 2.12 bits per heavy atom. The maximum Gasteiger partial charge on any atom is 0.252 e. The van der Waals surface area contributed by atoms with Crippen LogP contribution in [0.3, 0.4) is 0 Å². The number of hydrogen-bond acceptors (Lipinski definition) is 2. The van der Waals surface area contributed by atoms with Crippen LogP contribution in [-0.4, -0.2) is 18.5 Å². The molecule has 0 bridgehead atoms. The highest BCUT2D eigenvalue weighted by molar-refractivity contribution is 6.33. The van der Waals surface area contributed by atoms with Crippen LogP contribution in [-0.2, 0) is 0 Å². The second kappa shape index (κ2) is 6.03. The third-order valence-electron chi connectivity index (χ3n) is 2.72. The summed E-state index contributed by atoms with van der Waals surface area (Å²) in [7, 11) is 0. The standard InChI is InChI=1S/C13H19ClN2O/c1-8(2)12(15)7-16-13(17)10-5-4-9(3)6-11(10)14/h4-6,8,12H,7,15H2,1-3H3,(H,16,17). The molecule has 94 valence electrons. The first-order chi connectivity index (χ1) is 7.91. The smallest absolute Gasteiger partial charge is 0.252 e. The van der Waals surface area contributed by atoms with E-state index >= 15 is 0 Å². The van der Waals surface area contributed by atoms with Gasteiger partial charge in [0.1, 0.15) is 0 Å². The van der Waals surface area contributed by atoms with Crippen molar-refractivity contribution in [2.45, 2.75) is 26.8 Å². The molecule has 0 aliphatic heterocycles. The minimum atomic E-state index is -0.175. The van der Waals surface area contributed by atoms with Gasteiger partial charge >= 0.3 is 0 Å². The molecule has 4 heteroatoms. The molecule has 3 nitrogen and oxygen atoms in total. The van der Waals surface area contributed by atoms with Gasteiger partial charge < -0.3 is 11.1 Å². The van der Waals surface area contributed by atoms with Crippen LogP contribution in [0.25, 0.3) is 0 Å². The van der Waals surface area contributed by atoms with Gasteiger partial charge in [-0.05, 0) is 30.5 Å². The summed E-state index contributed by atoms with van der Waals surface area (Å²) in [5.74, 6) is 0.162. The van der Waals surface area contributed by atoms with Crippen molar-refractivity contribution in [2.75, 3.05) is 6.54 Å². The first-order valence-electron chi connectivity index (χ1n) is 5.71. The molecule has 1 rings (SSSR count). The Balaban J connectivity index is 2.64. The number of carbonyl (C=O) groups is 1. The molecule has 3 N–H and O–H groups in total. The van der Waals surface area contributed by atoms with Crippen LogP contribution in [0.5, 0.6) is 0 Å². The molecule has 17 heavy (non-hydrogen) atoms. The zero-order valence-electron chi connectivity index (χ0n) is 10.5. The summed E-state index contributed by atoms with van der Waals surface area (Å²) in [5.41, 5.74) is 7.38. The summed E-state index contributed by atoms with van der Waals surface area (Å²) in [6.45, 7) is 6.44. The van der Waals surface area contributed by atoms with Gasteiger partial charge in [-0.3, -0.25) is 4.79 Å². The lowest BCUT2D eigenvalue weighted by Gasteiger charge is -2.16. The Hall–Kier alpha value is -1.06. The molecular formula is C13H19ClN2O. The molecule has 1 unspecified atom stereocenters.